The molecular weight excluding hydrogens is 308 g/mol. The summed E-state index contributed by atoms with van der Waals surface area (Å²) in [6, 6.07) is 10.4. The molecule has 0 fully saturated rings. The van der Waals surface area contributed by atoms with E-state index < -0.39 is 0 Å². The van der Waals surface area contributed by atoms with E-state index in [4.69, 9.17) is 0 Å². The van der Waals surface area contributed by atoms with Gasteiger partial charge in [-0.1, -0.05) is 36.4 Å². The van der Waals surface area contributed by atoms with Gasteiger partial charge in [-0.05, 0) is 41.4 Å². The molecule has 0 unspecified atom stereocenters. The average molecular weight is 323 g/mol. The first-order valence-electron chi connectivity index (χ1n) is 5.95. The Hall–Kier alpha value is -0.870. The van der Waals surface area contributed by atoms with E-state index in [0.29, 0.717) is 0 Å². The van der Waals surface area contributed by atoms with Crippen LogP contribution >= 0.6 is 27.7 Å². The van der Waals surface area contributed by atoms with Crippen LogP contribution in [0, 0.1) is 6.92 Å². The van der Waals surface area contributed by atoms with Gasteiger partial charge in [-0.15, -0.1) is 0 Å². The Labute approximate surface area is 120 Å². The van der Waals surface area contributed by atoms with Crippen molar-refractivity contribution in [3.63, 3.8) is 0 Å². The normalized spacial score (nSPS) is 10.6. The second-order valence-corrected chi connectivity index (χ2v) is 6.02. The van der Waals surface area contributed by atoms with E-state index in [0.717, 1.165) is 28.3 Å². The number of rotatable bonds is 4. The zero-order chi connectivity index (χ0) is 13.0. The van der Waals surface area contributed by atoms with Gasteiger partial charge in [0.05, 0.1) is 0 Å². The van der Waals surface area contributed by atoms with Crippen molar-refractivity contribution in [1.82, 2.24) is 9.97 Å². The highest BCUT2D eigenvalue weighted by atomic mass is 79.9. The first kappa shape index (κ1) is 13.6. The number of benzene rings is 1. The van der Waals surface area contributed by atoms with Crippen LogP contribution in [0.4, 0.5) is 0 Å². The fourth-order valence-corrected chi connectivity index (χ4v) is 2.96. The fourth-order valence-electron chi connectivity index (χ4n) is 1.56. The molecule has 1 aromatic carbocycles. The zero-order valence-electron chi connectivity index (χ0n) is 10.5. The van der Waals surface area contributed by atoms with Crippen molar-refractivity contribution in [2.75, 3.05) is 0 Å². The van der Waals surface area contributed by atoms with Crippen molar-refractivity contribution in [1.29, 1.82) is 0 Å². The Morgan fingerprint density at radius 2 is 1.89 bits per heavy atom. The minimum absolute atomic E-state index is 0.857. The summed E-state index contributed by atoms with van der Waals surface area (Å²) >= 11 is 5.11. The maximum absolute atomic E-state index is 4.56. The van der Waals surface area contributed by atoms with E-state index in [1.807, 2.05) is 6.07 Å². The molecule has 0 atom stereocenters. The van der Waals surface area contributed by atoms with E-state index in [1.165, 1.54) is 10.5 Å². The summed E-state index contributed by atoms with van der Waals surface area (Å²) in [5.74, 6) is 0.904. The van der Waals surface area contributed by atoms with Crippen LogP contribution in [-0.4, -0.2) is 9.97 Å². The van der Waals surface area contributed by atoms with Crippen molar-refractivity contribution >= 4 is 27.7 Å². The predicted octanol–water partition coefficient (Wildman–Crippen LogP) is 4.65. The molecule has 2 rings (SSSR count). The molecule has 0 aliphatic rings. The molecular formula is C14H15BrN2S. The second kappa shape index (κ2) is 6.34. The maximum atomic E-state index is 4.56. The number of hydrogen-bond donors (Lipinski definition) is 0. The van der Waals surface area contributed by atoms with Crippen molar-refractivity contribution < 1.29 is 0 Å². The van der Waals surface area contributed by atoms with E-state index in [-0.39, 0.29) is 0 Å². The number of nitrogens with zero attached hydrogens (tertiary/aromatic N) is 2. The molecule has 18 heavy (non-hydrogen) atoms. The number of aryl methyl sites for hydroxylation is 2. The molecule has 0 aliphatic heterocycles. The third kappa shape index (κ3) is 3.82. The zero-order valence-corrected chi connectivity index (χ0v) is 12.9. The quantitative estimate of drug-likeness (QED) is 0.766. The van der Waals surface area contributed by atoms with Crippen LogP contribution in [0.1, 0.15) is 24.7 Å². The number of hydrogen-bond acceptors (Lipinski definition) is 3. The molecule has 4 heteroatoms. The van der Waals surface area contributed by atoms with Gasteiger partial charge in [0, 0.05) is 17.4 Å². The molecule has 0 bridgehead atoms. The highest BCUT2D eigenvalue weighted by molar-refractivity contribution is 9.10. The Bertz CT molecular complexity index is 526. The summed E-state index contributed by atoms with van der Waals surface area (Å²) in [5.41, 5.74) is 1.27. The summed E-state index contributed by atoms with van der Waals surface area (Å²) in [6.45, 7) is 4.23. The minimum atomic E-state index is 0.857. The number of halogens is 1. The Morgan fingerprint density at radius 1 is 1.17 bits per heavy atom. The first-order chi connectivity index (χ1) is 8.67. The van der Waals surface area contributed by atoms with Gasteiger partial charge < -0.3 is 0 Å². The Morgan fingerprint density at radius 3 is 2.56 bits per heavy atom. The molecule has 0 amide bonds. The molecule has 2 nitrogen and oxygen atoms in total. The van der Waals surface area contributed by atoms with Crippen molar-refractivity contribution in [2.45, 2.75) is 36.6 Å². The van der Waals surface area contributed by atoms with E-state index in [1.54, 1.807) is 11.8 Å². The molecule has 0 N–H and O–H groups in total. The van der Waals surface area contributed by atoms with Crippen LogP contribution in [-0.2, 0) is 6.42 Å². The topological polar surface area (TPSA) is 25.8 Å². The van der Waals surface area contributed by atoms with Crippen molar-refractivity contribution in [3.8, 4) is 0 Å². The van der Waals surface area contributed by atoms with Crippen molar-refractivity contribution in [2.24, 2.45) is 0 Å². The van der Waals surface area contributed by atoms with Gasteiger partial charge in [0.1, 0.15) is 15.5 Å². The minimum Gasteiger partial charge on any atom is -0.226 e. The van der Waals surface area contributed by atoms with E-state index >= 15 is 0 Å². The Balaban J connectivity index is 2.20. The monoisotopic (exact) mass is 322 g/mol. The first-order valence-corrected chi connectivity index (χ1v) is 7.56. The van der Waals surface area contributed by atoms with Gasteiger partial charge >= 0.3 is 0 Å². The van der Waals surface area contributed by atoms with Gasteiger partial charge in [0.15, 0.2) is 0 Å². The van der Waals surface area contributed by atoms with E-state index in [2.05, 4.69) is 64.0 Å². The average Bonchev–Trinajstić information content (AvgIpc) is 2.32. The Kier molecular flexibility index (Phi) is 4.78. The fraction of sp³-hybridized carbons (Fsp3) is 0.286. The highest BCUT2D eigenvalue weighted by Gasteiger charge is 2.04. The molecule has 1 aromatic heterocycles. The summed E-state index contributed by atoms with van der Waals surface area (Å²) in [5, 5.41) is 0.990. The van der Waals surface area contributed by atoms with Gasteiger partial charge in [-0.25, -0.2) is 9.97 Å². The maximum Gasteiger partial charge on any atom is 0.130 e. The van der Waals surface area contributed by atoms with Crippen LogP contribution in [0.25, 0.3) is 0 Å². The summed E-state index contributed by atoms with van der Waals surface area (Å²) in [4.78, 5) is 10.1. The molecule has 0 saturated heterocycles. The van der Waals surface area contributed by atoms with E-state index in [9.17, 15) is 0 Å². The summed E-state index contributed by atoms with van der Waals surface area (Å²) in [7, 11) is 0. The van der Waals surface area contributed by atoms with Crippen LogP contribution in [0.15, 0.2) is 44.9 Å². The third-order valence-corrected chi connectivity index (χ3v) is 3.77. The van der Waals surface area contributed by atoms with Gasteiger partial charge in [-0.2, -0.15) is 0 Å². The highest BCUT2D eigenvalue weighted by Crippen LogP contribution is 2.27. The molecule has 0 saturated carbocycles. The van der Waals surface area contributed by atoms with Crippen LogP contribution < -0.4 is 0 Å². The molecule has 1 heterocycles. The van der Waals surface area contributed by atoms with Crippen LogP contribution in [0.3, 0.4) is 0 Å². The lowest BCUT2D eigenvalue weighted by Gasteiger charge is -2.04. The summed E-state index contributed by atoms with van der Waals surface area (Å²) < 4.78 is 0.857. The van der Waals surface area contributed by atoms with Crippen LogP contribution in [0.5, 0.6) is 0 Å². The largest absolute Gasteiger partial charge is 0.226 e. The standard InChI is InChI=1S/C14H15BrN2S/c1-3-4-13-16-12(15)9-14(17-13)18-11-7-5-10(2)6-8-11/h5-9H,3-4H2,1-2H3. The van der Waals surface area contributed by atoms with Gasteiger partial charge in [-0.3, -0.25) is 0 Å². The predicted molar refractivity (Wildman–Crippen MR) is 79.0 cm³/mol. The SMILES string of the molecule is CCCc1nc(Br)cc(Sc2ccc(C)cc2)n1. The van der Waals surface area contributed by atoms with Crippen molar-refractivity contribution in [3.05, 3.63) is 46.3 Å². The lowest BCUT2D eigenvalue weighted by atomic mass is 10.2. The smallest absolute Gasteiger partial charge is 0.130 e. The molecule has 94 valence electrons. The number of aromatic nitrogens is 2. The van der Waals surface area contributed by atoms with Gasteiger partial charge in [0.2, 0.25) is 0 Å². The molecule has 0 spiro atoms. The molecule has 0 radical (unpaired) electrons. The molecule has 2 aromatic rings. The second-order valence-electron chi connectivity index (χ2n) is 4.11. The third-order valence-electron chi connectivity index (χ3n) is 2.43. The lowest BCUT2D eigenvalue weighted by Crippen LogP contribution is -1.96. The van der Waals surface area contributed by atoms with Gasteiger partial charge in [0.25, 0.3) is 0 Å². The summed E-state index contributed by atoms with van der Waals surface area (Å²) in [6.07, 6.45) is 1.98. The molecule has 0 aliphatic carbocycles. The lowest BCUT2D eigenvalue weighted by molar-refractivity contribution is 0.803. The van der Waals surface area contributed by atoms with Crippen LogP contribution in [0.2, 0.25) is 0 Å².